The predicted octanol–water partition coefficient (Wildman–Crippen LogP) is 2.35. The standard InChI is InChI=1S/C13H16FN3/c1-3-17-12(8-9-16-17)13(15-2)10-6-4-5-7-11(10)14/h4-9,13,15H,3H2,1-2H3. The van der Waals surface area contributed by atoms with Gasteiger partial charge in [0.15, 0.2) is 0 Å². The molecular formula is C13H16FN3. The Balaban J connectivity index is 2.44. The lowest BCUT2D eigenvalue weighted by molar-refractivity contribution is 0.533. The van der Waals surface area contributed by atoms with Gasteiger partial charge in [0.25, 0.3) is 0 Å². The predicted molar refractivity (Wildman–Crippen MR) is 65.2 cm³/mol. The third kappa shape index (κ3) is 2.22. The summed E-state index contributed by atoms with van der Waals surface area (Å²) in [6.07, 6.45) is 1.74. The number of hydrogen-bond acceptors (Lipinski definition) is 2. The molecule has 0 saturated carbocycles. The average molecular weight is 233 g/mol. The molecule has 90 valence electrons. The SMILES string of the molecule is CCn1nccc1C(NC)c1ccccc1F. The summed E-state index contributed by atoms with van der Waals surface area (Å²) in [4.78, 5) is 0. The summed E-state index contributed by atoms with van der Waals surface area (Å²) >= 11 is 0. The van der Waals surface area contributed by atoms with Crippen LogP contribution < -0.4 is 5.32 Å². The molecule has 1 atom stereocenters. The summed E-state index contributed by atoms with van der Waals surface area (Å²) in [6.45, 7) is 2.79. The molecule has 0 fully saturated rings. The number of aryl methyl sites for hydroxylation is 1. The van der Waals surface area contributed by atoms with Crippen molar-refractivity contribution in [2.45, 2.75) is 19.5 Å². The number of halogens is 1. The molecule has 1 aromatic carbocycles. The van der Waals surface area contributed by atoms with Crippen LogP contribution >= 0.6 is 0 Å². The Labute approximate surface area is 100 Å². The fourth-order valence-electron chi connectivity index (χ4n) is 2.02. The van der Waals surface area contributed by atoms with Crippen molar-refractivity contribution in [3.05, 3.63) is 53.6 Å². The molecule has 17 heavy (non-hydrogen) atoms. The third-order valence-corrected chi connectivity index (χ3v) is 2.85. The summed E-state index contributed by atoms with van der Waals surface area (Å²) in [5.41, 5.74) is 1.62. The van der Waals surface area contributed by atoms with Gasteiger partial charge in [0.1, 0.15) is 5.82 Å². The maximum atomic E-state index is 13.8. The lowest BCUT2D eigenvalue weighted by Crippen LogP contribution is -2.22. The summed E-state index contributed by atoms with van der Waals surface area (Å²) in [6, 6.07) is 8.56. The van der Waals surface area contributed by atoms with E-state index in [1.54, 1.807) is 18.3 Å². The van der Waals surface area contributed by atoms with Gasteiger partial charge >= 0.3 is 0 Å². The van der Waals surface area contributed by atoms with Gasteiger partial charge in [-0.3, -0.25) is 4.68 Å². The molecule has 0 radical (unpaired) electrons. The van der Waals surface area contributed by atoms with Gasteiger partial charge < -0.3 is 5.32 Å². The fraction of sp³-hybridized carbons (Fsp3) is 0.308. The number of benzene rings is 1. The van der Waals surface area contributed by atoms with Crippen LogP contribution in [0, 0.1) is 5.82 Å². The maximum absolute atomic E-state index is 13.8. The smallest absolute Gasteiger partial charge is 0.128 e. The van der Waals surface area contributed by atoms with Crippen molar-refractivity contribution in [1.82, 2.24) is 15.1 Å². The monoisotopic (exact) mass is 233 g/mol. The van der Waals surface area contributed by atoms with E-state index >= 15 is 0 Å². The first-order valence-electron chi connectivity index (χ1n) is 5.71. The van der Waals surface area contributed by atoms with Crippen LogP contribution in [0.2, 0.25) is 0 Å². The molecule has 1 aromatic heterocycles. The van der Waals surface area contributed by atoms with E-state index in [-0.39, 0.29) is 11.9 Å². The highest BCUT2D eigenvalue weighted by Crippen LogP contribution is 2.23. The van der Waals surface area contributed by atoms with Crippen LogP contribution in [0.25, 0.3) is 0 Å². The topological polar surface area (TPSA) is 29.9 Å². The summed E-state index contributed by atoms with van der Waals surface area (Å²) in [7, 11) is 1.82. The van der Waals surface area contributed by atoms with Crippen LogP contribution in [0.3, 0.4) is 0 Å². The minimum atomic E-state index is -0.198. The molecule has 0 saturated heterocycles. The molecule has 1 N–H and O–H groups in total. The van der Waals surface area contributed by atoms with Crippen LogP contribution in [-0.4, -0.2) is 16.8 Å². The molecule has 0 aliphatic rings. The van der Waals surface area contributed by atoms with Crippen molar-refractivity contribution in [3.63, 3.8) is 0 Å². The minimum Gasteiger partial charge on any atom is -0.308 e. The van der Waals surface area contributed by atoms with E-state index in [9.17, 15) is 4.39 Å². The molecule has 0 spiro atoms. The van der Waals surface area contributed by atoms with Crippen molar-refractivity contribution in [2.75, 3.05) is 7.05 Å². The highest BCUT2D eigenvalue weighted by atomic mass is 19.1. The van der Waals surface area contributed by atoms with Gasteiger partial charge in [0.05, 0.1) is 11.7 Å². The highest BCUT2D eigenvalue weighted by molar-refractivity contribution is 5.28. The van der Waals surface area contributed by atoms with Crippen molar-refractivity contribution in [2.24, 2.45) is 0 Å². The molecule has 1 unspecified atom stereocenters. The quantitative estimate of drug-likeness (QED) is 0.878. The minimum absolute atomic E-state index is 0.168. The molecule has 0 amide bonds. The van der Waals surface area contributed by atoms with Gasteiger partial charge in [-0.15, -0.1) is 0 Å². The zero-order chi connectivity index (χ0) is 12.3. The van der Waals surface area contributed by atoms with E-state index in [2.05, 4.69) is 10.4 Å². The van der Waals surface area contributed by atoms with E-state index in [0.717, 1.165) is 12.2 Å². The number of aromatic nitrogens is 2. The van der Waals surface area contributed by atoms with Crippen LogP contribution in [0.4, 0.5) is 4.39 Å². The Hall–Kier alpha value is -1.68. The Morgan fingerprint density at radius 2 is 2.12 bits per heavy atom. The van der Waals surface area contributed by atoms with E-state index in [1.165, 1.54) is 6.07 Å². The first kappa shape index (κ1) is 11.8. The fourth-order valence-corrected chi connectivity index (χ4v) is 2.02. The Bertz CT molecular complexity index is 493. The first-order chi connectivity index (χ1) is 8.27. The number of hydrogen-bond donors (Lipinski definition) is 1. The van der Waals surface area contributed by atoms with Gasteiger partial charge in [-0.2, -0.15) is 5.10 Å². The molecule has 1 heterocycles. The van der Waals surface area contributed by atoms with Crippen molar-refractivity contribution >= 4 is 0 Å². The van der Waals surface area contributed by atoms with E-state index in [1.807, 2.05) is 30.8 Å². The second-order valence-corrected chi connectivity index (χ2v) is 3.82. The van der Waals surface area contributed by atoms with Gasteiger partial charge in [-0.05, 0) is 26.1 Å². The Morgan fingerprint density at radius 3 is 2.76 bits per heavy atom. The molecule has 0 aliphatic carbocycles. The second kappa shape index (κ2) is 5.10. The van der Waals surface area contributed by atoms with E-state index < -0.39 is 0 Å². The molecule has 3 nitrogen and oxygen atoms in total. The van der Waals surface area contributed by atoms with Crippen LogP contribution in [0.15, 0.2) is 36.5 Å². The number of nitrogens with zero attached hydrogens (tertiary/aromatic N) is 2. The van der Waals surface area contributed by atoms with Gasteiger partial charge in [0.2, 0.25) is 0 Å². The molecule has 4 heteroatoms. The number of rotatable bonds is 4. The average Bonchev–Trinajstić information content (AvgIpc) is 2.81. The molecule has 0 aliphatic heterocycles. The Kier molecular flexibility index (Phi) is 3.54. The van der Waals surface area contributed by atoms with Crippen molar-refractivity contribution < 1.29 is 4.39 Å². The van der Waals surface area contributed by atoms with Crippen molar-refractivity contribution in [1.29, 1.82) is 0 Å². The molecule has 2 aromatic rings. The lowest BCUT2D eigenvalue weighted by Gasteiger charge is -2.18. The van der Waals surface area contributed by atoms with Crippen LogP contribution in [0.1, 0.15) is 24.2 Å². The second-order valence-electron chi connectivity index (χ2n) is 3.82. The Morgan fingerprint density at radius 1 is 1.35 bits per heavy atom. The zero-order valence-electron chi connectivity index (χ0n) is 10.0. The lowest BCUT2D eigenvalue weighted by atomic mass is 10.0. The van der Waals surface area contributed by atoms with E-state index in [4.69, 9.17) is 0 Å². The van der Waals surface area contributed by atoms with Crippen LogP contribution in [-0.2, 0) is 6.54 Å². The highest BCUT2D eigenvalue weighted by Gasteiger charge is 2.18. The maximum Gasteiger partial charge on any atom is 0.128 e. The summed E-state index contributed by atoms with van der Waals surface area (Å²) < 4.78 is 15.7. The van der Waals surface area contributed by atoms with E-state index in [0.29, 0.717) is 5.56 Å². The zero-order valence-corrected chi connectivity index (χ0v) is 10.0. The molecule has 0 bridgehead atoms. The summed E-state index contributed by atoms with van der Waals surface area (Å²) in [5.74, 6) is -0.198. The largest absolute Gasteiger partial charge is 0.308 e. The normalized spacial score (nSPS) is 12.6. The third-order valence-electron chi connectivity index (χ3n) is 2.85. The van der Waals surface area contributed by atoms with Gasteiger partial charge in [0, 0.05) is 18.3 Å². The van der Waals surface area contributed by atoms with Gasteiger partial charge in [-0.25, -0.2) is 4.39 Å². The molecular weight excluding hydrogens is 217 g/mol. The van der Waals surface area contributed by atoms with Gasteiger partial charge in [-0.1, -0.05) is 18.2 Å². The summed E-state index contributed by atoms with van der Waals surface area (Å²) in [5, 5.41) is 7.35. The van der Waals surface area contributed by atoms with Crippen LogP contribution in [0.5, 0.6) is 0 Å². The molecule has 2 rings (SSSR count). The number of nitrogens with one attached hydrogen (secondary N) is 1. The van der Waals surface area contributed by atoms with Crippen molar-refractivity contribution in [3.8, 4) is 0 Å². The first-order valence-corrected chi connectivity index (χ1v) is 5.71.